The number of nitrogens with one attached hydrogen (secondary N) is 2. The maximum Gasteiger partial charge on any atom is 0.211 e. The molecule has 1 aromatic carbocycles. The van der Waals surface area contributed by atoms with Crippen molar-refractivity contribution in [1.29, 1.82) is 0 Å². The number of imidazole rings is 1. The molecule has 1 aromatic heterocycles. The Kier molecular flexibility index (Phi) is 2.70. The molecule has 0 amide bonds. The lowest BCUT2D eigenvalue weighted by molar-refractivity contribution is 0.103. The number of H-pyrrole nitrogens is 2. The first kappa shape index (κ1) is 10.8. The largest absolute Gasteiger partial charge is 0.334 e. The number of halogens is 1. The quantitative estimate of drug-likeness (QED) is 0.622. The normalized spacial score (nSPS) is 10.4. The number of aryl methyl sites for hydroxylation is 1. The summed E-state index contributed by atoms with van der Waals surface area (Å²) < 4.78 is 13.1. The van der Waals surface area contributed by atoms with E-state index in [4.69, 9.17) is 12.2 Å². The fraction of sp³-hybridized carbons (Fsp3) is 0.0909. The Morgan fingerprint density at radius 2 is 1.88 bits per heavy atom. The van der Waals surface area contributed by atoms with Gasteiger partial charge in [-0.25, -0.2) is 4.39 Å². The highest BCUT2D eigenvalue weighted by Crippen LogP contribution is 2.11. The van der Waals surface area contributed by atoms with Gasteiger partial charge >= 0.3 is 0 Å². The fourth-order valence-electron chi connectivity index (χ4n) is 1.44. The average molecular weight is 236 g/mol. The summed E-state index contributed by atoms with van der Waals surface area (Å²) in [6, 6.07) is 5.40. The second kappa shape index (κ2) is 4.02. The van der Waals surface area contributed by atoms with Crippen LogP contribution in [0.4, 0.5) is 4.39 Å². The summed E-state index contributed by atoms with van der Waals surface area (Å²) in [5, 5.41) is 0. The van der Waals surface area contributed by atoms with Crippen LogP contribution in [-0.4, -0.2) is 15.8 Å². The van der Waals surface area contributed by atoms with Crippen LogP contribution in [0, 0.1) is 17.5 Å². The molecule has 0 radical (unpaired) electrons. The van der Waals surface area contributed by atoms with Gasteiger partial charge in [-0.1, -0.05) is 0 Å². The molecule has 2 aromatic rings. The van der Waals surface area contributed by atoms with Crippen LogP contribution in [0.25, 0.3) is 0 Å². The first-order valence-corrected chi connectivity index (χ1v) is 5.08. The van der Waals surface area contributed by atoms with Crippen LogP contribution in [0.5, 0.6) is 0 Å². The minimum Gasteiger partial charge on any atom is -0.334 e. The molecule has 0 unspecified atom stereocenters. The Morgan fingerprint density at radius 3 is 2.38 bits per heavy atom. The zero-order valence-electron chi connectivity index (χ0n) is 8.50. The van der Waals surface area contributed by atoms with Crippen molar-refractivity contribution < 1.29 is 9.18 Å². The number of carbonyl (C=O) groups is 1. The molecule has 0 bridgehead atoms. The Balaban J connectivity index is 2.43. The number of hydrogen-bond donors (Lipinski definition) is 2. The van der Waals surface area contributed by atoms with Gasteiger partial charge in [0.05, 0.1) is 0 Å². The first-order valence-electron chi connectivity index (χ1n) is 4.67. The van der Waals surface area contributed by atoms with E-state index in [2.05, 4.69) is 9.97 Å². The third-order valence-electron chi connectivity index (χ3n) is 2.25. The predicted molar refractivity (Wildman–Crippen MR) is 60.5 cm³/mol. The van der Waals surface area contributed by atoms with Crippen molar-refractivity contribution in [3.63, 3.8) is 0 Å². The SMILES string of the molecule is Cc1[nH]c(=S)[nH]c1C(=O)c1ccc(F)cc1. The minimum absolute atomic E-state index is 0.204. The molecule has 0 aliphatic rings. The molecule has 1 heterocycles. The Morgan fingerprint density at radius 1 is 1.25 bits per heavy atom. The summed E-state index contributed by atoms with van der Waals surface area (Å²) >= 11 is 4.89. The van der Waals surface area contributed by atoms with Gasteiger partial charge in [-0.3, -0.25) is 4.79 Å². The number of aromatic nitrogens is 2. The van der Waals surface area contributed by atoms with Crippen molar-refractivity contribution in [2.45, 2.75) is 6.92 Å². The predicted octanol–water partition coefficient (Wildman–Crippen LogP) is 2.75. The zero-order chi connectivity index (χ0) is 11.7. The number of hydrogen-bond acceptors (Lipinski definition) is 2. The van der Waals surface area contributed by atoms with Gasteiger partial charge in [-0.2, -0.15) is 0 Å². The van der Waals surface area contributed by atoms with Gasteiger partial charge < -0.3 is 9.97 Å². The minimum atomic E-state index is -0.365. The highest BCUT2D eigenvalue weighted by atomic mass is 32.1. The van der Waals surface area contributed by atoms with Crippen molar-refractivity contribution in [1.82, 2.24) is 9.97 Å². The van der Waals surface area contributed by atoms with Crippen molar-refractivity contribution in [2.75, 3.05) is 0 Å². The van der Waals surface area contributed by atoms with E-state index in [0.29, 0.717) is 21.7 Å². The molecule has 0 saturated carbocycles. The maximum atomic E-state index is 12.7. The lowest BCUT2D eigenvalue weighted by Gasteiger charge is -1.99. The molecule has 0 aliphatic heterocycles. The van der Waals surface area contributed by atoms with Gasteiger partial charge in [0, 0.05) is 11.3 Å². The van der Waals surface area contributed by atoms with Crippen LogP contribution < -0.4 is 0 Å². The first-order chi connectivity index (χ1) is 7.58. The number of aromatic amines is 2. The molecule has 2 rings (SSSR count). The van der Waals surface area contributed by atoms with Crippen molar-refractivity contribution in [3.8, 4) is 0 Å². The van der Waals surface area contributed by atoms with E-state index in [1.807, 2.05) is 0 Å². The van der Waals surface area contributed by atoms with E-state index >= 15 is 0 Å². The molecule has 0 fully saturated rings. The molecule has 0 aliphatic carbocycles. The smallest absolute Gasteiger partial charge is 0.211 e. The third-order valence-corrected chi connectivity index (χ3v) is 2.45. The lowest BCUT2D eigenvalue weighted by Crippen LogP contribution is -2.03. The molecule has 82 valence electrons. The standard InChI is InChI=1S/C11H9FN2OS/c1-6-9(14-11(16)13-6)10(15)7-2-4-8(12)5-3-7/h2-5H,1H3,(H2,13,14,16). The molecule has 0 atom stereocenters. The van der Waals surface area contributed by atoms with E-state index in [0.717, 1.165) is 0 Å². The van der Waals surface area contributed by atoms with Crippen LogP contribution in [0.3, 0.4) is 0 Å². The summed E-state index contributed by atoms with van der Waals surface area (Å²) in [6.07, 6.45) is 0. The van der Waals surface area contributed by atoms with Crippen molar-refractivity contribution in [3.05, 3.63) is 51.8 Å². The highest BCUT2D eigenvalue weighted by molar-refractivity contribution is 7.71. The van der Waals surface area contributed by atoms with E-state index in [-0.39, 0.29) is 11.6 Å². The summed E-state index contributed by atoms with van der Waals surface area (Å²) in [7, 11) is 0. The Labute approximate surface area is 96.3 Å². The third kappa shape index (κ3) is 1.94. The van der Waals surface area contributed by atoms with Crippen LogP contribution in [-0.2, 0) is 0 Å². The topological polar surface area (TPSA) is 48.6 Å². The van der Waals surface area contributed by atoms with Gasteiger partial charge in [-0.15, -0.1) is 0 Å². The molecule has 16 heavy (non-hydrogen) atoms. The van der Waals surface area contributed by atoms with Gasteiger partial charge in [-0.05, 0) is 43.4 Å². The van der Waals surface area contributed by atoms with E-state index in [1.54, 1.807) is 6.92 Å². The zero-order valence-corrected chi connectivity index (χ0v) is 9.32. The molecule has 0 saturated heterocycles. The molecule has 2 N–H and O–H groups in total. The number of benzene rings is 1. The second-order valence-corrected chi connectivity index (χ2v) is 3.82. The monoisotopic (exact) mass is 236 g/mol. The van der Waals surface area contributed by atoms with Crippen molar-refractivity contribution >= 4 is 18.0 Å². The summed E-state index contributed by atoms with van der Waals surface area (Å²) in [4.78, 5) is 17.6. The van der Waals surface area contributed by atoms with Crippen molar-refractivity contribution in [2.24, 2.45) is 0 Å². The molecule has 0 spiro atoms. The Hall–Kier alpha value is -1.75. The van der Waals surface area contributed by atoms with Gasteiger partial charge in [0.25, 0.3) is 0 Å². The number of rotatable bonds is 2. The summed E-state index contributed by atoms with van der Waals surface area (Å²) in [6.45, 7) is 1.75. The van der Waals surface area contributed by atoms with Gasteiger partial charge in [0.1, 0.15) is 11.5 Å². The highest BCUT2D eigenvalue weighted by Gasteiger charge is 2.13. The lowest BCUT2D eigenvalue weighted by atomic mass is 10.1. The van der Waals surface area contributed by atoms with Crippen LogP contribution >= 0.6 is 12.2 Å². The number of carbonyl (C=O) groups excluding carboxylic acids is 1. The Bertz CT molecular complexity index is 583. The van der Waals surface area contributed by atoms with Crippen LogP contribution in [0.15, 0.2) is 24.3 Å². The summed E-state index contributed by atoms with van der Waals surface area (Å²) in [5.41, 5.74) is 1.52. The molecular weight excluding hydrogens is 227 g/mol. The van der Waals surface area contributed by atoms with E-state index in [9.17, 15) is 9.18 Å². The molecule has 5 heteroatoms. The summed E-state index contributed by atoms with van der Waals surface area (Å²) in [5.74, 6) is -0.569. The van der Waals surface area contributed by atoms with E-state index < -0.39 is 0 Å². The van der Waals surface area contributed by atoms with Gasteiger partial charge in [0.15, 0.2) is 4.77 Å². The second-order valence-electron chi connectivity index (χ2n) is 3.42. The van der Waals surface area contributed by atoms with Crippen LogP contribution in [0.1, 0.15) is 21.7 Å². The fourth-order valence-corrected chi connectivity index (χ4v) is 1.70. The molecular formula is C11H9FN2OS. The average Bonchev–Trinajstić information content (AvgIpc) is 2.58. The number of ketones is 1. The maximum absolute atomic E-state index is 12.7. The van der Waals surface area contributed by atoms with E-state index in [1.165, 1.54) is 24.3 Å². The molecule has 3 nitrogen and oxygen atoms in total. The van der Waals surface area contributed by atoms with Crippen LogP contribution in [0.2, 0.25) is 0 Å². The van der Waals surface area contributed by atoms with Gasteiger partial charge in [0.2, 0.25) is 5.78 Å².